The topological polar surface area (TPSA) is 54.0 Å². The van der Waals surface area contributed by atoms with Gasteiger partial charge in [-0.15, -0.1) is 0 Å². The molecule has 1 aliphatic heterocycles. The second-order valence-electron chi connectivity index (χ2n) is 6.69. The molecule has 2 heterocycles. The van der Waals surface area contributed by atoms with Crippen LogP contribution >= 0.6 is 0 Å². The van der Waals surface area contributed by atoms with Gasteiger partial charge in [0, 0.05) is 12.7 Å². The molecule has 2 atom stereocenters. The number of hydrogen-bond acceptors (Lipinski definition) is 3. The van der Waals surface area contributed by atoms with E-state index < -0.39 is 5.41 Å². The molecule has 1 aromatic heterocycles. The Morgan fingerprint density at radius 1 is 1.24 bits per heavy atom. The van der Waals surface area contributed by atoms with Gasteiger partial charge in [-0.05, 0) is 49.5 Å². The number of hydrogen-bond donors (Lipinski definition) is 2. The van der Waals surface area contributed by atoms with E-state index in [0.717, 1.165) is 43.6 Å². The number of rotatable bonds is 7. The predicted molar refractivity (Wildman–Crippen MR) is 100 cm³/mol. The minimum atomic E-state index is -0.750. The van der Waals surface area contributed by atoms with Crippen molar-refractivity contribution in [2.75, 3.05) is 19.6 Å². The van der Waals surface area contributed by atoms with Crippen LogP contribution in [0.4, 0.5) is 0 Å². The van der Waals surface area contributed by atoms with Crippen LogP contribution in [0.15, 0.2) is 54.7 Å². The van der Waals surface area contributed by atoms with Crippen molar-refractivity contribution in [3.05, 3.63) is 66.0 Å². The van der Waals surface area contributed by atoms with Crippen LogP contribution in [0.25, 0.3) is 0 Å². The third kappa shape index (κ3) is 3.45. The first-order valence-electron chi connectivity index (χ1n) is 9.26. The molecule has 0 bridgehead atoms. The number of carbonyl (C=O) groups is 1. The molecule has 1 aromatic carbocycles. The summed E-state index contributed by atoms with van der Waals surface area (Å²) in [5.74, 6) is 0.256. The molecule has 2 N–H and O–H groups in total. The minimum absolute atomic E-state index is 0.0690. The number of unbranched alkanes of at least 4 members (excludes halogenated alkanes) is 1. The first kappa shape index (κ1) is 17.6. The highest BCUT2D eigenvalue weighted by atomic mass is 16.2. The van der Waals surface area contributed by atoms with E-state index in [4.69, 9.17) is 0 Å². The van der Waals surface area contributed by atoms with Crippen LogP contribution in [0.3, 0.4) is 0 Å². The van der Waals surface area contributed by atoms with Gasteiger partial charge in [0.1, 0.15) is 5.41 Å². The fourth-order valence-corrected chi connectivity index (χ4v) is 3.86. The molecule has 1 saturated heterocycles. The van der Waals surface area contributed by atoms with Crippen molar-refractivity contribution in [1.29, 1.82) is 0 Å². The van der Waals surface area contributed by atoms with Crippen molar-refractivity contribution in [3.8, 4) is 0 Å². The van der Waals surface area contributed by atoms with Crippen molar-refractivity contribution in [1.82, 2.24) is 15.6 Å². The van der Waals surface area contributed by atoms with E-state index in [9.17, 15) is 4.79 Å². The second-order valence-corrected chi connectivity index (χ2v) is 6.69. The van der Waals surface area contributed by atoms with Crippen LogP contribution in [-0.4, -0.2) is 30.5 Å². The van der Waals surface area contributed by atoms with Crippen molar-refractivity contribution >= 4 is 5.91 Å². The molecule has 1 amide bonds. The summed E-state index contributed by atoms with van der Waals surface area (Å²) < 4.78 is 0. The van der Waals surface area contributed by atoms with Gasteiger partial charge in [0.05, 0.1) is 5.69 Å². The largest absolute Gasteiger partial charge is 0.355 e. The number of benzene rings is 1. The molecule has 3 rings (SSSR count). The Kier molecular flexibility index (Phi) is 5.82. The second kappa shape index (κ2) is 8.26. The lowest BCUT2D eigenvalue weighted by Crippen LogP contribution is -2.51. The summed E-state index contributed by atoms with van der Waals surface area (Å²) >= 11 is 0. The Bertz CT molecular complexity index is 627. The molecule has 4 nitrogen and oxygen atoms in total. The lowest BCUT2D eigenvalue weighted by Gasteiger charge is -2.37. The van der Waals surface area contributed by atoms with E-state index in [1.54, 1.807) is 6.20 Å². The SMILES string of the molecule is CCCCNC(=O)C(c1ccccc1)(c1ccccn1)C1CCNC1. The number of nitrogens with zero attached hydrogens (tertiary/aromatic N) is 1. The fraction of sp³-hybridized carbons (Fsp3) is 0.429. The summed E-state index contributed by atoms with van der Waals surface area (Å²) in [4.78, 5) is 18.2. The van der Waals surface area contributed by atoms with Gasteiger partial charge >= 0.3 is 0 Å². The Morgan fingerprint density at radius 2 is 2.04 bits per heavy atom. The molecule has 1 aliphatic rings. The number of pyridine rings is 1. The molecular formula is C21H27N3O. The monoisotopic (exact) mass is 337 g/mol. The number of aromatic nitrogens is 1. The van der Waals surface area contributed by atoms with Gasteiger partial charge in [-0.1, -0.05) is 49.7 Å². The van der Waals surface area contributed by atoms with Crippen LogP contribution in [0, 0.1) is 5.92 Å². The zero-order valence-corrected chi connectivity index (χ0v) is 14.9. The molecule has 0 saturated carbocycles. The highest BCUT2D eigenvalue weighted by molar-refractivity contribution is 5.92. The van der Waals surface area contributed by atoms with E-state index in [1.165, 1.54) is 0 Å². The highest BCUT2D eigenvalue weighted by Gasteiger charge is 2.50. The smallest absolute Gasteiger partial charge is 0.237 e. The van der Waals surface area contributed by atoms with Crippen LogP contribution in [0.2, 0.25) is 0 Å². The predicted octanol–water partition coefficient (Wildman–Crippen LogP) is 2.89. The molecule has 25 heavy (non-hydrogen) atoms. The molecule has 0 radical (unpaired) electrons. The van der Waals surface area contributed by atoms with Crippen LogP contribution in [0.5, 0.6) is 0 Å². The zero-order chi connectivity index (χ0) is 17.5. The summed E-state index contributed by atoms with van der Waals surface area (Å²) in [5.41, 5.74) is 1.11. The van der Waals surface area contributed by atoms with Crippen LogP contribution in [0.1, 0.15) is 37.4 Å². The normalized spacial score (nSPS) is 19.3. The lowest BCUT2D eigenvalue weighted by molar-refractivity contribution is -0.127. The molecule has 2 unspecified atom stereocenters. The summed E-state index contributed by atoms with van der Waals surface area (Å²) in [6, 6.07) is 16.0. The van der Waals surface area contributed by atoms with Crippen LogP contribution < -0.4 is 10.6 Å². The fourth-order valence-electron chi connectivity index (χ4n) is 3.86. The molecule has 0 aliphatic carbocycles. The van der Waals surface area contributed by atoms with Gasteiger partial charge < -0.3 is 10.6 Å². The van der Waals surface area contributed by atoms with E-state index in [-0.39, 0.29) is 11.8 Å². The van der Waals surface area contributed by atoms with Crippen molar-refractivity contribution in [3.63, 3.8) is 0 Å². The molecule has 1 fully saturated rings. The average Bonchev–Trinajstić information content (AvgIpc) is 3.19. The van der Waals surface area contributed by atoms with E-state index >= 15 is 0 Å². The van der Waals surface area contributed by atoms with Gasteiger partial charge in [-0.2, -0.15) is 0 Å². The molecular weight excluding hydrogens is 310 g/mol. The molecule has 2 aromatic rings. The van der Waals surface area contributed by atoms with E-state index in [0.29, 0.717) is 6.54 Å². The Hall–Kier alpha value is -2.20. The number of carbonyl (C=O) groups excluding carboxylic acids is 1. The first-order chi connectivity index (χ1) is 12.3. The molecule has 4 heteroatoms. The Balaban J connectivity index is 2.11. The molecule has 132 valence electrons. The number of nitrogens with one attached hydrogen (secondary N) is 2. The minimum Gasteiger partial charge on any atom is -0.355 e. The Labute approximate surface area is 150 Å². The summed E-state index contributed by atoms with van der Waals surface area (Å²) in [6.07, 6.45) is 4.80. The van der Waals surface area contributed by atoms with Gasteiger partial charge in [0.15, 0.2) is 0 Å². The molecule has 0 spiro atoms. The zero-order valence-electron chi connectivity index (χ0n) is 14.9. The van der Waals surface area contributed by atoms with E-state index in [1.807, 2.05) is 36.4 Å². The quantitative estimate of drug-likeness (QED) is 0.764. The highest BCUT2D eigenvalue weighted by Crippen LogP contribution is 2.41. The third-order valence-corrected chi connectivity index (χ3v) is 5.14. The van der Waals surface area contributed by atoms with Gasteiger partial charge in [0.2, 0.25) is 5.91 Å². The van der Waals surface area contributed by atoms with Crippen molar-refractivity contribution in [2.45, 2.75) is 31.6 Å². The first-order valence-corrected chi connectivity index (χ1v) is 9.26. The van der Waals surface area contributed by atoms with Gasteiger partial charge in [-0.25, -0.2) is 0 Å². The summed E-state index contributed by atoms with van der Waals surface area (Å²) in [6.45, 7) is 4.61. The third-order valence-electron chi connectivity index (χ3n) is 5.14. The average molecular weight is 337 g/mol. The standard InChI is InChI=1S/C21H27N3O/c1-2-3-13-24-20(25)21(18-12-15-22-16-18,17-9-5-4-6-10-17)19-11-7-8-14-23-19/h4-11,14,18,22H,2-3,12-13,15-16H2,1H3,(H,24,25). The Morgan fingerprint density at radius 3 is 2.68 bits per heavy atom. The maximum atomic E-state index is 13.5. The maximum absolute atomic E-state index is 13.5. The lowest BCUT2D eigenvalue weighted by atomic mass is 9.66. The maximum Gasteiger partial charge on any atom is 0.237 e. The van der Waals surface area contributed by atoms with Gasteiger partial charge in [0.25, 0.3) is 0 Å². The summed E-state index contributed by atoms with van der Waals surface area (Å²) in [5, 5.41) is 6.62. The number of amides is 1. The van der Waals surface area contributed by atoms with Crippen molar-refractivity contribution < 1.29 is 4.79 Å². The van der Waals surface area contributed by atoms with Gasteiger partial charge in [-0.3, -0.25) is 9.78 Å². The summed E-state index contributed by atoms with van der Waals surface area (Å²) in [7, 11) is 0. The van der Waals surface area contributed by atoms with Crippen LogP contribution in [-0.2, 0) is 10.2 Å². The van der Waals surface area contributed by atoms with E-state index in [2.05, 4.69) is 34.7 Å². The van der Waals surface area contributed by atoms with Crippen molar-refractivity contribution in [2.24, 2.45) is 5.92 Å².